The average molecular weight is 418 g/mol. The number of nitrogens with one attached hydrogen (secondary N) is 2. The van der Waals surface area contributed by atoms with Gasteiger partial charge in [0.1, 0.15) is 0 Å². The number of halogens is 1. The lowest BCUT2D eigenvalue weighted by Gasteiger charge is -2.26. The fraction of sp³-hybridized carbons (Fsp3) is 0.333. The summed E-state index contributed by atoms with van der Waals surface area (Å²) in [7, 11) is 0. The Bertz CT molecular complexity index is 790. The van der Waals surface area contributed by atoms with Gasteiger partial charge in [0.05, 0.1) is 6.42 Å². The van der Waals surface area contributed by atoms with Gasteiger partial charge >= 0.3 is 6.03 Å². The van der Waals surface area contributed by atoms with Gasteiger partial charge in [0.2, 0.25) is 5.91 Å². The minimum Gasteiger partial charge on any atom is -0.341 e. The molecule has 2 aromatic carbocycles. The predicted molar refractivity (Wildman–Crippen MR) is 116 cm³/mol. The van der Waals surface area contributed by atoms with Crippen molar-refractivity contribution in [1.82, 2.24) is 10.2 Å². The Balaban J connectivity index is 1.41. The van der Waals surface area contributed by atoms with Crippen LogP contribution >= 0.6 is 23.4 Å². The zero-order valence-corrected chi connectivity index (χ0v) is 17.2. The molecule has 1 aliphatic heterocycles. The highest BCUT2D eigenvalue weighted by Crippen LogP contribution is 2.14. The van der Waals surface area contributed by atoms with E-state index >= 15 is 0 Å². The Labute approximate surface area is 174 Å². The summed E-state index contributed by atoms with van der Waals surface area (Å²) in [6, 6.07) is 14.8. The summed E-state index contributed by atoms with van der Waals surface area (Å²) in [5, 5.41) is 6.35. The van der Waals surface area contributed by atoms with Crippen LogP contribution in [-0.4, -0.2) is 48.0 Å². The third-order valence-electron chi connectivity index (χ3n) is 4.54. The lowest BCUT2D eigenvalue weighted by atomic mass is 10.1. The summed E-state index contributed by atoms with van der Waals surface area (Å²) in [5.41, 5.74) is 2.78. The first-order valence-corrected chi connectivity index (χ1v) is 10.9. The number of urea groups is 1. The third kappa shape index (κ3) is 6.46. The van der Waals surface area contributed by atoms with E-state index in [2.05, 4.69) is 10.6 Å². The van der Waals surface area contributed by atoms with Gasteiger partial charge in [-0.05, 0) is 41.8 Å². The maximum Gasteiger partial charge on any atom is 0.319 e. The lowest BCUT2D eigenvalue weighted by Crippen LogP contribution is -2.38. The van der Waals surface area contributed by atoms with Crippen LogP contribution in [0.5, 0.6) is 0 Å². The van der Waals surface area contributed by atoms with Crippen molar-refractivity contribution in [2.75, 3.05) is 36.5 Å². The summed E-state index contributed by atoms with van der Waals surface area (Å²) in [4.78, 5) is 26.3. The third-order valence-corrected chi connectivity index (χ3v) is 5.74. The fourth-order valence-electron chi connectivity index (χ4n) is 2.95. The van der Waals surface area contributed by atoms with Crippen molar-refractivity contribution in [3.8, 4) is 0 Å². The van der Waals surface area contributed by atoms with Crippen LogP contribution in [0.15, 0.2) is 48.5 Å². The van der Waals surface area contributed by atoms with E-state index in [0.717, 1.165) is 42.1 Å². The molecule has 148 valence electrons. The number of hydrogen-bond acceptors (Lipinski definition) is 3. The van der Waals surface area contributed by atoms with Crippen LogP contribution < -0.4 is 10.6 Å². The molecule has 0 aromatic heterocycles. The van der Waals surface area contributed by atoms with Crippen molar-refractivity contribution < 1.29 is 9.59 Å². The molecular weight excluding hydrogens is 394 g/mol. The number of nitrogens with zero attached hydrogens (tertiary/aromatic N) is 1. The minimum atomic E-state index is -0.247. The van der Waals surface area contributed by atoms with Crippen molar-refractivity contribution in [1.29, 1.82) is 0 Å². The van der Waals surface area contributed by atoms with E-state index in [1.165, 1.54) is 0 Å². The molecule has 0 atom stereocenters. The van der Waals surface area contributed by atoms with Crippen LogP contribution in [0, 0.1) is 0 Å². The van der Waals surface area contributed by atoms with E-state index in [9.17, 15) is 9.59 Å². The van der Waals surface area contributed by atoms with E-state index < -0.39 is 0 Å². The summed E-state index contributed by atoms with van der Waals surface area (Å²) in [5.74, 6) is 2.20. The monoisotopic (exact) mass is 417 g/mol. The van der Waals surface area contributed by atoms with Gasteiger partial charge in [0.25, 0.3) is 0 Å². The normalized spacial score (nSPS) is 13.8. The van der Waals surface area contributed by atoms with Gasteiger partial charge in [-0.3, -0.25) is 4.79 Å². The first-order valence-electron chi connectivity index (χ1n) is 9.34. The number of amides is 3. The van der Waals surface area contributed by atoms with Gasteiger partial charge in [0, 0.05) is 41.8 Å². The van der Waals surface area contributed by atoms with Gasteiger partial charge < -0.3 is 15.5 Å². The van der Waals surface area contributed by atoms with E-state index in [-0.39, 0.29) is 11.9 Å². The van der Waals surface area contributed by atoms with E-state index in [1.54, 1.807) is 0 Å². The van der Waals surface area contributed by atoms with Crippen LogP contribution in [0.25, 0.3) is 0 Å². The number of carbonyl (C=O) groups is 2. The van der Waals surface area contributed by atoms with E-state index in [1.807, 2.05) is 65.2 Å². The molecule has 1 heterocycles. The van der Waals surface area contributed by atoms with Crippen molar-refractivity contribution in [2.24, 2.45) is 0 Å². The minimum absolute atomic E-state index is 0.168. The summed E-state index contributed by atoms with van der Waals surface area (Å²) < 4.78 is 0. The molecule has 2 N–H and O–H groups in total. The maximum atomic E-state index is 12.3. The molecule has 0 spiro atoms. The summed E-state index contributed by atoms with van der Waals surface area (Å²) in [6.07, 6.45) is 1.14. The molecule has 3 rings (SSSR count). The Morgan fingerprint density at radius 2 is 1.61 bits per heavy atom. The lowest BCUT2D eigenvalue weighted by molar-refractivity contribution is -0.130. The van der Waals surface area contributed by atoms with Crippen LogP contribution in [0.2, 0.25) is 5.02 Å². The zero-order valence-electron chi connectivity index (χ0n) is 15.6. The molecule has 0 aliphatic carbocycles. The number of hydrogen-bond donors (Lipinski definition) is 2. The molecule has 3 amide bonds. The quantitative estimate of drug-likeness (QED) is 0.751. The second-order valence-corrected chi connectivity index (χ2v) is 8.29. The first-order chi connectivity index (χ1) is 13.6. The smallest absolute Gasteiger partial charge is 0.319 e. The number of rotatable bonds is 6. The molecule has 0 saturated carbocycles. The van der Waals surface area contributed by atoms with E-state index in [0.29, 0.717) is 23.7 Å². The standard InChI is InChI=1S/C21H24ClN3O2S/c22-18-5-1-16(2-6-18)9-10-23-21(27)24-19-7-3-17(4-8-19)15-20(26)25-11-13-28-14-12-25/h1-8H,9-15H2,(H2,23,24,27). The Morgan fingerprint density at radius 1 is 0.964 bits per heavy atom. The molecular formula is C21H24ClN3O2S. The Hall–Kier alpha value is -2.18. The Kier molecular flexibility index (Phi) is 7.62. The SMILES string of the molecule is O=C(NCCc1ccc(Cl)cc1)Nc1ccc(CC(=O)N2CCSCC2)cc1. The number of thioether (sulfide) groups is 1. The molecule has 1 fully saturated rings. The van der Waals surface area contributed by atoms with Crippen LogP contribution in [0.1, 0.15) is 11.1 Å². The number of benzene rings is 2. The highest BCUT2D eigenvalue weighted by molar-refractivity contribution is 7.99. The zero-order chi connectivity index (χ0) is 19.8. The van der Waals surface area contributed by atoms with Crippen molar-refractivity contribution in [3.05, 3.63) is 64.7 Å². The van der Waals surface area contributed by atoms with Gasteiger partial charge in [-0.2, -0.15) is 11.8 Å². The predicted octanol–water partition coefficient (Wildman–Crippen LogP) is 3.82. The first kappa shape index (κ1) is 20.6. The van der Waals surface area contributed by atoms with Crippen molar-refractivity contribution in [2.45, 2.75) is 12.8 Å². The average Bonchev–Trinajstić information content (AvgIpc) is 2.71. The van der Waals surface area contributed by atoms with Crippen LogP contribution in [0.4, 0.5) is 10.5 Å². The second kappa shape index (κ2) is 10.4. The molecule has 1 saturated heterocycles. The Morgan fingerprint density at radius 3 is 2.29 bits per heavy atom. The molecule has 2 aromatic rings. The van der Waals surface area contributed by atoms with Gasteiger partial charge in [-0.25, -0.2) is 4.79 Å². The molecule has 0 unspecified atom stereocenters. The maximum absolute atomic E-state index is 12.3. The summed E-state index contributed by atoms with van der Waals surface area (Å²) in [6.45, 7) is 2.20. The topological polar surface area (TPSA) is 61.4 Å². The van der Waals surface area contributed by atoms with Crippen LogP contribution in [0.3, 0.4) is 0 Å². The molecule has 28 heavy (non-hydrogen) atoms. The number of anilines is 1. The molecule has 1 aliphatic rings. The van der Waals surface area contributed by atoms with Gasteiger partial charge in [-0.1, -0.05) is 35.9 Å². The molecule has 0 radical (unpaired) electrons. The van der Waals surface area contributed by atoms with E-state index in [4.69, 9.17) is 11.6 Å². The molecule has 0 bridgehead atoms. The van der Waals surface area contributed by atoms with Crippen molar-refractivity contribution in [3.63, 3.8) is 0 Å². The fourth-order valence-corrected chi connectivity index (χ4v) is 3.98. The highest BCUT2D eigenvalue weighted by Gasteiger charge is 2.16. The largest absolute Gasteiger partial charge is 0.341 e. The molecule has 5 nitrogen and oxygen atoms in total. The number of carbonyl (C=O) groups excluding carboxylic acids is 2. The summed E-state index contributed by atoms with van der Waals surface area (Å²) >= 11 is 7.75. The van der Waals surface area contributed by atoms with Crippen molar-refractivity contribution >= 4 is 41.0 Å². The second-order valence-electron chi connectivity index (χ2n) is 6.62. The molecule has 7 heteroatoms. The van der Waals surface area contributed by atoms with Gasteiger partial charge in [0.15, 0.2) is 0 Å². The van der Waals surface area contributed by atoms with Crippen LogP contribution in [-0.2, 0) is 17.6 Å². The van der Waals surface area contributed by atoms with Gasteiger partial charge in [-0.15, -0.1) is 0 Å². The highest BCUT2D eigenvalue weighted by atomic mass is 35.5.